The molecule has 1 aromatic carbocycles. The maximum atomic E-state index is 12.7. The maximum absolute atomic E-state index is 12.7. The highest BCUT2D eigenvalue weighted by atomic mass is 35.5. The van der Waals surface area contributed by atoms with Gasteiger partial charge in [-0.1, -0.05) is 23.7 Å². The van der Waals surface area contributed by atoms with Crippen molar-refractivity contribution in [3.8, 4) is 17.1 Å². The van der Waals surface area contributed by atoms with Gasteiger partial charge in [-0.2, -0.15) is 5.10 Å². The number of pyridine rings is 1. The number of aryl methyl sites for hydroxylation is 1. The number of hydrogen-bond donors (Lipinski definition) is 2. The Morgan fingerprint density at radius 1 is 1.23 bits per heavy atom. The van der Waals surface area contributed by atoms with Crippen molar-refractivity contribution in [2.24, 2.45) is 5.73 Å². The van der Waals surface area contributed by atoms with Gasteiger partial charge < -0.3 is 15.5 Å². The van der Waals surface area contributed by atoms with Gasteiger partial charge in [0, 0.05) is 17.5 Å². The van der Waals surface area contributed by atoms with Crippen LogP contribution >= 0.6 is 11.6 Å². The van der Waals surface area contributed by atoms with E-state index < -0.39 is 11.8 Å². The second kappa shape index (κ2) is 7.80. The third-order valence-corrected chi connectivity index (χ3v) is 4.50. The fourth-order valence-corrected chi connectivity index (χ4v) is 3.01. The second-order valence-electron chi connectivity index (χ2n) is 6.33. The predicted molar refractivity (Wildman–Crippen MR) is 110 cm³/mol. The third kappa shape index (κ3) is 3.78. The number of primary amides is 1. The minimum absolute atomic E-state index is 0.0281. The molecule has 3 N–H and O–H groups in total. The molecule has 10 heteroatoms. The molecule has 3 aromatic heterocycles. The highest BCUT2D eigenvalue weighted by Gasteiger charge is 2.20. The molecule has 0 bridgehead atoms. The number of carbonyl (C=O) groups excluding carboxylic acids is 2. The molecule has 0 saturated carbocycles. The standard InChI is InChI=1S/C20H15ClN6O3/c1-11-8-12(6-7-23-11)20-25-15(10-30-20)19(29)24-14-9-27(26-17(14)18(22)28)16-5-3-2-4-13(16)21/h2-10H,1H3,(H2,22,28)(H,24,29). The van der Waals surface area contributed by atoms with Crippen LogP contribution in [0.5, 0.6) is 0 Å². The molecule has 4 rings (SSSR count). The summed E-state index contributed by atoms with van der Waals surface area (Å²) in [6, 6.07) is 10.4. The van der Waals surface area contributed by atoms with Crippen molar-refractivity contribution in [3.05, 3.63) is 77.2 Å². The summed E-state index contributed by atoms with van der Waals surface area (Å²) >= 11 is 6.18. The van der Waals surface area contributed by atoms with Crippen molar-refractivity contribution in [2.45, 2.75) is 6.92 Å². The SMILES string of the molecule is Cc1cc(-c2nc(C(=O)Nc3cn(-c4ccccc4Cl)nc3C(N)=O)co2)ccn1. The van der Waals surface area contributed by atoms with Crippen LogP contribution in [0.4, 0.5) is 5.69 Å². The lowest BCUT2D eigenvalue weighted by Gasteiger charge is -2.02. The summed E-state index contributed by atoms with van der Waals surface area (Å²) in [5.74, 6) is -1.12. The summed E-state index contributed by atoms with van der Waals surface area (Å²) in [4.78, 5) is 32.8. The van der Waals surface area contributed by atoms with Crippen LogP contribution in [-0.2, 0) is 0 Å². The number of para-hydroxylation sites is 1. The number of amides is 2. The summed E-state index contributed by atoms with van der Waals surface area (Å²) in [7, 11) is 0. The molecule has 0 atom stereocenters. The van der Waals surface area contributed by atoms with E-state index in [1.807, 2.05) is 6.92 Å². The van der Waals surface area contributed by atoms with Gasteiger partial charge in [0.05, 0.1) is 22.6 Å². The van der Waals surface area contributed by atoms with Crippen LogP contribution in [0, 0.1) is 6.92 Å². The quantitative estimate of drug-likeness (QED) is 0.508. The number of rotatable bonds is 5. The van der Waals surface area contributed by atoms with E-state index in [1.165, 1.54) is 17.1 Å². The first kappa shape index (κ1) is 19.3. The van der Waals surface area contributed by atoms with E-state index in [2.05, 4.69) is 20.4 Å². The van der Waals surface area contributed by atoms with Crippen molar-refractivity contribution in [2.75, 3.05) is 5.32 Å². The summed E-state index contributed by atoms with van der Waals surface area (Å²) in [5.41, 5.74) is 7.45. The fraction of sp³-hybridized carbons (Fsp3) is 0.0500. The Balaban J connectivity index is 1.62. The molecule has 0 radical (unpaired) electrons. The molecule has 150 valence electrons. The van der Waals surface area contributed by atoms with Gasteiger partial charge >= 0.3 is 0 Å². The van der Waals surface area contributed by atoms with Crippen molar-refractivity contribution in [3.63, 3.8) is 0 Å². The average molecular weight is 423 g/mol. The molecule has 0 aliphatic rings. The third-order valence-electron chi connectivity index (χ3n) is 4.18. The van der Waals surface area contributed by atoms with Gasteiger partial charge in [0.2, 0.25) is 5.89 Å². The first-order chi connectivity index (χ1) is 14.4. The smallest absolute Gasteiger partial charge is 0.277 e. The minimum atomic E-state index is -0.802. The number of aromatic nitrogens is 4. The molecule has 0 aliphatic heterocycles. The van der Waals surface area contributed by atoms with Crippen molar-refractivity contribution >= 4 is 29.1 Å². The van der Waals surface area contributed by atoms with Crippen molar-refractivity contribution < 1.29 is 14.0 Å². The summed E-state index contributed by atoms with van der Waals surface area (Å²) in [5, 5.41) is 7.15. The van der Waals surface area contributed by atoms with Crippen LogP contribution in [-0.4, -0.2) is 31.6 Å². The Hall–Kier alpha value is -3.98. The number of oxazole rings is 1. The molecule has 30 heavy (non-hydrogen) atoms. The normalized spacial score (nSPS) is 10.7. The highest BCUT2D eigenvalue weighted by molar-refractivity contribution is 6.32. The number of nitrogens with zero attached hydrogens (tertiary/aromatic N) is 4. The zero-order chi connectivity index (χ0) is 21.3. The molecule has 4 aromatic rings. The van der Waals surface area contributed by atoms with Crippen LogP contribution in [0.2, 0.25) is 5.02 Å². The van der Waals surface area contributed by atoms with E-state index in [0.29, 0.717) is 16.3 Å². The van der Waals surface area contributed by atoms with Crippen LogP contribution < -0.4 is 11.1 Å². The van der Waals surface area contributed by atoms with Crippen LogP contribution in [0.15, 0.2) is 59.5 Å². The van der Waals surface area contributed by atoms with Crippen LogP contribution in [0.3, 0.4) is 0 Å². The fourth-order valence-electron chi connectivity index (χ4n) is 2.78. The number of carbonyl (C=O) groups is 2. The summed E-state index contributed by atoms with van der Waals surface area (Å²) < 4.78 is 6.77. The molecule has 0 spiro atoms. The lowest BCUT2D eigenvalue weighted by molar-refractivity contribution is 0.0996. The average Bonchev–Trinajstić information content (AvgIpc) is 3.36. The molecule has 3 heterocycles. The Morgan fingerprint density at radius 3 is 2.77 bits per heavy atom. The van der Waals surface area contributed by atoms with Gasteiger partial charge in [0.25, 0.3) is 11.8 Å². The molecule has 9 nitrogen and oxygen atoms in total. The van der Waals surface area contributed by atoms with Gasteiger partial charge in [0.1, 0.15) is 6.26 Å². The number of halogens is 1. The Kier molecular flexibility index (Phi) is 5.03. The van der Waals surface area contributed by atoms with E-state index in [4.69, 9.17) is 21.8 Å². The first-order valence-corrected chi connectivity index (χ1v) is 9.14. The Bertz CT molecular complexity index is 1260. The van der Waals surface area contributed by atoms with Crippen molar-refractivity contribution in [1.29, 1.82) is 0 Å². The van der Waals surface area contributed by atoms with Gasteiger partial charge in [-0.05, 0) is 31.2 Å². The lowest BCUT2D eigenvalue weighted by Crippen LogP contribution is -2.18. The molecule has 0 unspecified atom stereocenters. The molecule has 0 fully saturated rings. The van der Waals surface area contributed by atoms with Crippen LogP contribution in [0.1, 0.15) is 26.7 Å². The van der Waals surface area contributed by atoms with E-state index >= 15 is 0 Å². The van der Waals surface area contributed by atoms with E-state index in [-0.39, 0.29) is 23.0 Å². The number of benzene rings is 1. The topological polar surface area (TPSA) is 129 Å². The number of nitrogens with one attached hydrogen (secondary N) is 1. The Labute approximate surface area is 175 Å². The van der Waals surface area contributed by atoms with Gasteiger partial charge in [-0.15, -0.1) is 0 Å². The predicted octanol–water partition coefficient (Wildman–Crippen LogP) is 3.24. The lowest BCUT2D eigenvalue weighted by atomic mass is 10.2. The van der Waals surface area contributed by atoms with Gasteiger partial charge in [-0.3, -0.25) is 14.6 Å². The Morgan fingerprint density at radius 2 is 2.03 bits per heavy atom. The zero-order valence-corrected chi connectivity index (χ0v) is 16.4. The minimum Gasteiger partial charge on any atom is -0.444 e. The van der Waals surface area contributed by atoms with Gasteiger partial charge in [0.15, 0.2) is 11.4 Å². The summed E-state index contributed by atoms with van der Waals surface area (Å²) in [6.07, 6.45) is 4.30. The number of nitrogens with two attached hydrogens (primary N) is 1. The molecular formula is C20H15ClN6O3. The monoisotopic (exact) mass is 422 g/mol. The molecule has 0 aliphatic carbocycles. The zero-order valence-electron chi connectivity index (χ0n) is 15.7. The van der Waals surface area contributed by atoms with Crippen molar-refractivity contribution in [1.82, 2.24) is 19.7 Å². The number of hydrogen-bond acceptors (Lipinski definition) is 6. The maximum Gasteiger partial charge on any atom is 0.277 e. The second-order valence-corrected chi connectivity index (χ2v) is 6.74. The van der Waals surface area contributed by atoms with Gasteiger partial charge in [-0.25, -0.2) is 9.67 Å². The molecular weight excluding hydrogens is 408 g/mol. The first-order valence-electron chi connectivity index (χ1n) is 8.76. The summed E-state index contributed by atoms with van der Waals surface area (Å²) in [6.45, 7) is 1.84. The molecule has 0 saturated heterocycles. The van der Waals surface area contributed by atoms with E-state index in [9.17, 15) is 9.59 Å². The van der Waals surface area contributed by atoms with E-state index in [0.717, 1.165) is 5.69 Å². The van der Waals surface area contributed by atoms with Crippen LogP contribution in [0.25, 0.3) is 17.1 Å². The molecule has 2 amide bonds. The van der Waals surface area contributed by atoms with E-state index in [1.54, 1.807) is 42.6 Å². The highest BCUT2D eigenvalue weighted by Crippen LogP contribution is 2.24. The largest absolute Gasteiger partial charge is 0.444 e. The number of anilines is 1.